The van der Waals surface area contributed by atoms with Gasteiger partial charge in [-0.25, -0.2) is 4.98 Å². The van der Waals surface area contributed by atoms with E-state index in [0.29, 0.717) is 35.4 Å². The van der Waals surface area contributed by atoms with Crippen molar-refractivity contribution >= 4 is 43.4 Å². The maximum Gasteiger partial charge on any atom is 0.281 e. The summed E-state index contributed by atoms with van der Waals surface area (Å²) in [4.78, 5) is 14.8. The van der Waals surface area contributed by atoms with E-state index in [1.54, 1.807) is 37.1 Å². The molecule has 0 spiro atoms. The van der Waals surface area contributed by atoms with E-state index in [2.05, 4.69) is 21.8 Å². The molecule has 3 aromatic rings. The molecule has 2 aliphatic heterocycles. The third-order valence-corrected chi connectivity index (χ3v) is 9.28. The molecule has 11 heteroatoms. The lowest BCUT2D eigenvalue weighted by molar-refractivity contribution is 0.115. The Labute approximate surface area is 215 Å². The van der Waals surface area contributed by atoms with Gasteiger partial charge in [0.05, 0.1) is 30.0 Å². The van der Waals surface area contributed by atoms with Crippen molar-refractivity contribution in [2.45, 2.75) is 17.2 Å². The number of aromatic nitrogens is 2. The second kappa shape index (κ2) is 10.4. The Kier molecular flexibility index (Phi) is 7.25. The number of H-pyrrole nitrogens is 1. The van der Waals surface area contributed by atoms with Crippen molar-refractivity contribution in [2.24, 2.45) is 10.9 Å². The summed E-state index contributed by atoms with van der Waals surface area (Å²) < 4.78 is 39.0. The van der Waals surface area contributed by atoms with Gasteiger partial charge in [-0.05, 0) is 30.2 Å². The fraction of sp³-hybridized carbons (Fsp3) is 0.440. The van der Waals surface area contributed by atoms with E-state index in [1.165, 1.54) is 23.6 Å². The van der Waals surface area contributed by atoms with Crippen LogP contribution >= 0.6 is 11.8 Å². The van der Waals surface area contributed by atoms with Crippen molar-refractivity contribution in [1.82, 2.24) is 14.9 Å². The summed E-state index contributed by atoms with van der Waals surface area (Å²) in [6, 6.07) is 10.5. The Balaban J connectivity index is 1.46. The molecule has 36 heavy (non-hydrogen) atoms. The summed E-state index contributed by atoms with van der Waals surface area (Å²) in [6.07, 6.45) is 1.47. The SMILES string of the molecule is COCCOc1cc(N(C)S(=O)(=O)c2ccccn2)c2[nH]c(C3=NCC(CN4CC(C)C4)S3)cc2c1. The Morgan fingerprint density at radius 2 is 2.06 bits per heavy atom. The van der Waals surface area contributed by atoms with Crippen molar-refractivity contribution in [1.29, 1.82) is 0 Å². The number of rotatable bonds is 10. The molecule has 192 valence electrons. The molecule has 5 rings (SSSR count). The molecule has 0 amide bonds. The average molecular weight is 530 g/mol. The lowest BCUT2D eigenvalue weighted by atomic mass is 10.0. The van der Waals surface area contributed by atoms with Crippen LogP contribution in [0.4, 0.5) is 5.69 Å². The number of hydrogen-bond donors (Lipinski definition) is 1. The largest absolute Gasteiger partial charge is 0.491 e. The van der Waals surface area contributed by atoms with Crippen LogP contribution in [0.5, 0.6) is 5.75 Å². The highest BCUT2D eigenvalue weighted by Crippen LogP contribution is 2.36. The molecule has 0 bridgehead atoms. The third kappa shape index (κ3) is 5.10. The summed E-state index contributed by atoms with van der Waals surface area (Å²) in [5.41, 5.74) is 2.06. The zero-order valence-corrected chi connectivity index (χ0v) is 22.3. The zero-order chi connectivity index (χ0) is 25.3. The molecule has 1 N–H and O–H groups in total. The van der Waals surface area contributed by atoms with Crippen LogP contribution in [-0.2, 0) is 14.8 Å². The number of thioether (sulfide) groups is 1. The standard InChI is InChI=1S/C25H31N5O4S2/c1-17-14-30(15-17)16-20-13-27-25(35-20)21-11-18-10-19(34-9-8-33-3)12-22(24(18)28-21)29(2)36(31,32)23-6-4-5-7-26-23/h4-7,10-12,17,20,28H,8-9,13-16H2,1-3H3. The smallest absolute Gasteiger partial charge is 0.281 e. The summed E-state index contributed by atoms with van der Waals surface area (Å²) in [7, 11) is -0.735. The molecule has 0 saturated carbocycles. The highest BCUT2D eigenvalue weighted by molar-refractivity contribution is 8.15. The molecular formula is C25H31N5O4S2. The third-order valence-electron chi connectivity index (χ3n) is 6.39. The summed E-state index contributed by atoms with van der Waals surface area (Å²) in [6.45, 7) is 7.20. The maximum atomic E-state index is 13.4. The van der Waals surface area contributed by atoms with Gasteiger partial charge in [0.25, 0.3) is 10.0 Å². The number of sulfonamides is 1. The molecular weight excluding hydrogens is 498 g/mol. The second-order valence-corrected chi connectivity index (χ2v) is 12.5. The van der Waals surface area contributed by atoms with Gasteiger partial charge >= 0.3 is 0 Å². The van der Waals surface area contributed by atoms with E-state index < -0.39 is 10.0 Å². The number of anilines is 1. The van der Waals surface area contributed by atoms with Crippen LogP contribution in [0.15, 0.2) is 52.6 Å². The average Bonchev–Trinajstić information content (AvgIpc) is 3.50. The highest BCUT2D eigenvalue weighted by Gasteiger charge is 2.30. The Morgan fingerprint density at radius 3 is 2.78 bits per heavy atom. The molecule has 0 aliphatic carbocycles. The second-order valence-electron chi connectivity index (χ2n) is 9.28. The van der Waals surface area contributed by atoms with Crippen LogP contribution < -0.4 is 9.04 Å². The van der Waals surface area contributed by atoms with Crippen LogP contribution in [0.25, 0.3) is 10.9 Å². The van der Waals surface area contributed by atoms with Crippen molar-refractivity contribution in [3.63, 3.8) is 0 Å². The summed E-state index contributed by atoms with van der Waals surface area (Å²) in [5.74, 6) is 1.34. The minimum absolute atomic E-state index is 0.0167. The quantitative estimate of drug-likeness (QED) is 0.403. The Hall–Kier alpha value is -2.60. The van der Waals surface area contributed by atoms with Gasteiger partial charge in [-0.15, -0.1) is 0 Å². The Bertz CT molecular complexity index is 1350. The van der Waals surface area contributed by atoms with Crippen molar-refractivity contribution in [3.05, 3.63) is 48.3 Å². The fourth-order valence-corrected chi connectivity index (χ4v) is 6.85. The number of aromatic amines is 1. The lowest BCUT2D eigenvalue weighted by Crippen LogP contribution is -2.48. The first kappa shape index (κ1) is 25.1. The van der Waals surface area contributed by atoms with E-state index in [4.69, 9.17) is 14.5 Å². The van der Waals surface area contributed by atoms with Gasteiger partial charge in [-0.3, -0.25) is 9.30 Å². The summed E-state index contributed by atoms with van der Waals surface area (Å²) >= 11 is 1.78. The number of ether oxygens (including phenoxy) is 2. The van der Waals surface area contributed by atoms with Crippen molar-refractivity contribution < 1.29 is 17.9 Å². The highest BCUT2D eigenvalue weighted by atomic mass is 32.2. The first-order chi connectivity index (χ1) is 17.3. The van der Waals surface area contributed by atoms with Crippen LogP contribution in [0.3, 0.4) is 0 Å². The van der Waals surface area contributed by atoms with Crippen LogP contribution in [0.1, 0.15) is 12.6 Å². The van der Waals surface area contributed by atoms with Gasteiger partial charge in [-0.1, -0.05) is 24.8 Å². The van der Waals surface area contributed by atoms with Crippen molar-refractivity contribution in [2.75, 3.05) is 57.9 Å². The molecule has 1 saturated heterocycles. The molecule has 2 aromatic heterocycles. The molecule has 1 atom stereocenters. The van der Waals surface area contributed by atoms with Gasteiger partial charge in [0.15, 0.2) is 5.03 Å². The monoisotopic (exact) mass is 529 g/mol. The maximum absolute atomic E-state index is 13.4. The molecule has 1 aromatic carbocycles. The number of nitrogens with one attached hydrogen (secondary N) is 1. The molecule has 9 nitrogen and oxygen atoms in total. The number of fused-ring (bicyclic) bond motifs is 1. The Morgan fingerprint density at radius 1 is 1.22 bits per heavy atom. The van der Waals surface area contributed by atoms with E-state index in [-0.39, 0.29) is 5.03 Å². The van der Waals surface area contributed by atoms with Crippen molar-refractivity contribution in [3.8, 4) is 5.75 Å². The number of hydrogen-bond acceptors (Lipinski definition) is 8. The molecule has 1 fully saturated rings. The van der Waals surface area contributed by atoms with Crippen LogP contribution in [0.2, 0.25) is 0 Å². The zero-order valence-electron chi connectivity index (χ0n) is 20.7. The van der Waals surface area contributed by atoms with Gasteiger partial charge in [0.1, 0.15) is 17.4 Å². The number of methoxy groups -OCH3 is 1. The predicted octanol–water partition coefficient (Wildman–Crippen LogP) is 3.23. The first-order valence-electron chi connectivity index (χ1n) is 12.0. The van der Waals surface area contributed by atoms with Gasteiger partial charge in [0, 0.05) is 56.7 Å². The van der Waals surface area contributed by atoms with Crippen LogP contribution in [-0.4, -0.2) is 87.1 Å². The first-order valence-corrected chi connectivity index (χ1v) is 14.3. The number of likely N-dealkylation sites (tertiary alicyclic amines) is 1. The molecule has 2 aliphatic rings. The number of aliphatic imine (C=N–C) groups is 1. The van der Waals surface area contributed by atoms with E-state index in [1.807, 2.05) is 12.1 Å². The van der Waals surface area contributed by atoms with E-state index in [9.17, 15) is 8.42 Å². The normalized spacial score (nSPS) is 18.9. The molecule has 1 unspecified atom stereocenters. The van der Waals surface area contributed by atoms with E-state index >= 15 is 0 Å². The molecule has 0 radical (unpaired) electrons. The summed E-state index contributed by atoms with van der Waals surface area (Å²) in [5, 5.41) is 2.21. The fourth-order valence-electron chi connectivity index (χ4n) is 4.58. The van der Waals surface area contributed by atoms with Gasteiger partial charge in [-0.2, -0.15) is 8.42 Å². The minimum atomic E-state index is -3.88. The lowest BCUT2D eigenvalue weighted by Gasteiger charge is -2.38. The van der Waals surface area contributed by atoms with Gasteiger partial charge < -0.3 is 19.4 Å². The number of pyridine rings is 1. The van der Waals surface area contributed by atoms with E-state index in [0.717, 1.165) is 48.2 Å². The van der Waals surface area contributed by atoms with Gasteiger partial charge in [0.2, 0.25) is 0 Å². The predicted molar refractivity (Wildman–Crippen MR) is 144 cm³/mol. The number of nitrogens with zero attached hydrogens (tertiary/aromatic N) is 4. The topological polar surface area (TPSA) is 100 Å². The van der Waals surface area contributed by atoms with Crippen LogP contribution in [0, 0.1) is 5.92 Å². The number of benzene rings is 1. The minimum Gasteiger partial charge on any atom is -0.491 e. The molecule has 4 heterocycles.